The van der Waals surface area contributed by atoms with E-state index in [1.165, 1.54) is 38.8 Å². The van der Waals surface area contributed by atoms with Gasteiger partial charge in [-0.2, -0.15) is 0 Å². The van der Waals surface area contributed by atoms with E-state index in [1.54, 1.807) is 0 Å². The molecule has 18 heavy (non-hydrogen) atoms. The number of ether oxygens (including phenoxy) is 1. The molecule has 0 spiro atoms. The fraction of sp³-hybridized carbons (Fsp3) is 1.00. The summed E-state index contributed by atoms with van der Waals surface area (Å²) >= 11 is 0. The molecule has 1 atom stereocenters. The summed E-state index contributed by atoms with van der Waals surface area (Å²) in [6, 6.07) is 0. The molecule has 3 heteroatoms. The van der Waals surface area contributed by atoms with Crippen LogP contribution in [0.25, 0.3) is 0 Å². The van der Waals surface area contributed by atoms with E-state index < -0.39 is 0 Å². The van der Waals surface area contributed by atoms with E-state index in [4.69, 9.17) is 4.74 Å². The Morgan fingerprint density at radius 3 is 2.67 bits per heavy atom. The Labute approximate surface area is 113 Å². The first-order valence-corrected chi connectivity index (χ1v) is 7.64. The first-order chi connectivity index (χ1) is 8.53. The van der Waals surface area contributed by atoms with Crippen LogP contribution in [0, 0.1) is 0 Å². The zero-order valence-electron chi connectivity index (χ0n) is 12.8. The summed E-state index contributed by atoms with van der Waals surface area (Å²) in [5.74, 6) is 0. The van der Waals surface area contributed by atoms with Crippen LogP contribution in [0.4, 0.5) is 0 Å². The van der Waals surface area contributed by atoms with Gasteiger partial charge in [0, 0.05) is 13.1 Å². The highest BCUT2D eigenvalue weighted by molar-refractivity contribution is 4.82. The van der Waals surface area contributed by atoms with Gasteiger partial charge < -0.3 is 10.1 Å². The second kappa shape index (κ2) is 8.13. The van der Waals surface area contributed by atoms with Crippen LogP contribution in [-0.2, 0) is 4.74 Å². The summed E-state index contributed by atoms with van der Waals surface area (Å²) in [5, 5.41) is 3.46. The number of nitrogens with zero attached hydrogens (tertiary/aromatic N) is 1. The molecule has 1 aliphatic rings. The van der Waals surface area contributed by atoms with Gasteiger partial charge in [0.1, 0.15) is 0 Å². The van der Waals surface area contributed by atoms with Crippen molar-refractivity contribution in [1.29, 1.82) is 0 Å². The standard InChI is InChI=1S/C15H32N2O/c1-5-9-16-10-7-6-8-11-17-12-14(2)18-15(3,4)13-17/h14,16H,5-13H2,1-4H3. The van der Waals surface area contributed by atoms with Gasteiger partial charge in [-0.1, -0.05) is 13.3 Å². The van der Waals surface area contributed by atoms with Crippen LogP contribution in [0.1, 0.15) is 53.4 Å². The summed E-state index contributed by atoms with van der Waals surface area (Å²) in [4.78, 5) is 2.56. The lowest BCUT2D eigenvalue weighted by Gasteiger charge is -2.41. The number of unbranched alkanes of at least 4 members (excludes halogenated alkanes) is 2. The Balaban J connectivity index is 2.04. The van der Waals surface area contributed by atoms with Gasteiger partial charge in [0.2, 0.25) is 0 Å². The summed E-state index contributed by atoms with van der Waals surface area (Å²) in [6.45, 7) is 14.5. The van der Waals surface area contributed by atoms with Crippen LogP contribution in [-0.4, -0.2) is 49.3 Å². The molecule has 0 aliphatic carbocycles. The molecule has 1 N–H and O–H groups in total. The maximum atomic E-state index is 5.92. The van der Waals surface area contributed by atoms with Crippen LogP contribution in [0.15, 0.2) is 0 Å². The van der Waals surface area contributed by atoms with Gasteiger partial charge in [-0.3, -0.25) is 4.90 Å². The molecule has 1 fully saturated rings. The molecule has 1 unspecified atom stereocenters. The minimum atomic E-state index is 0.0281. The summed E-state index contributed by atoms with van der Waals surface area (Å²) in [6.07, 6.45) is 5.57. The van der Waals surface area contributed by atoms with Gasteiger partial charge in [0.25, 0.3) is 0 Å². The van der Waals surface area contributed by atoms with Crippen LogP contribution in [0.5, 0.6) is 0 Å². The molecular formula is C15H32N2O. The van der Waals surface area contributed by atoms with Gasteiger partial charge in [0.15, 0.2) is 0 Å². The van der Waals surface area contributed by atoms with Crippen LogP contribution < -0.4 is 5.32 Å². The molecule has 1 heterocycles. The minimum Gasteiger partial charge on any atom is -0.370 e. The average Bonchev–Trinajstić information content (AvgIpc) is 2.25. The molecule has 0 bridgehead atoms. The van der Waals surface area contributed by atoms with Crippen LogP contribution >= 0.6 is 0 Å². The van der Waals surface area contributed by atoms with Crippen molar-refractivity contribution >= 4 is 0 Å². The van der Waals surface area contributed by atoms with Gasteiger partial charge in [-0.05, 0) is 59.7 Å². The third-order valence-electron chi connectivity index (χ3n) is 3.39. The number of hydrogen-bond donors (Lipinski definition) is 1. The first kappa shape index (κ1) is 15.9. The monoisotopic (exact) mass is 256 g/mol. The SMILES string of the molecule is CCCNCCCCCN1CC(C)OC(C)(C)C1. The minimum absolute atomic E-state index is 0.0281. The Morgan fingerprint density at radius 2 is 2.00 bits per heavy atom. The molecule has 0 aromatic heterocycles. The van der Waals surface area contributed by atoms with E-state index in [1.807, 2.05) is 0 Å². The van der Waals surface area contributed by atoms with E-state index in [0.717, 1.165) is 19.6 Å². The van der Waals surface area contributed by atoms with Crippen molar-refractivity contribution in [2.24, 2.45) is 0 Å². The molecule has 0 aromatic carbocycles. The lowest BCUT2D eigenvalue weighted by Crippen LogP contribution is -2.51. The van der Waals surface area contributed by atoms with Crippen molar-refractivity contribution in [2.75, 3.05) is 32.7 Å². The summed E-state index contributed by atoms with van der Waals surface area (Å²) in [7, 11) is 0. The van der Waals surface area contributed by atoms with Gasteiger partial charge in [-0.15, -0.1) is 0 Å². The fourth-order valence-electron chi connectivity index (χ4n) is 2.82. The van der Waals surface area contributed by atoms with Crippen molar-refractivity contribution in [3.8, 4) is 0 Å². The molecule has 0 saturated carbocycles. The zero-order chi connectivity index (χ0) is 13.4. The van der Waals surface area contributed by atoms with Gasteiger partial charge in [-0.25, -0.2) is 0 Å². The smallest absolute Gasteiger partial charge is 0.0757 e. The molecule has 108 valence electrons. The largest absolute Gasteiger partial charge is 0.370 e. The topological polar surface area (TPSA) is 24.5 Å². The van der Waals surface area contributed by atoms with E-state index in [9.17, 15) is 0 Å². The predicted octanol–water partition coefficient (Wildman–Crippen LogP) is 2.66. The second-order valence-electron chi connectivity index (χ2n) is 6.23. The van der Waals surface area contributed by atoms with E-state index >= 15 is 0 Å². The van der Waals surface area contributed by atoms with Crippen molar-refractivity contribution < 1.29 is 4.74 Å². The van der Waals surface area contributed by atoms with Crippen LogP contribution in [0.2, 0.25) is 0 Å². The maximum Gasteiger partial charge on any atom is 0.0757 e. The highest BCUT2D eigenvalue weighted by Crippen LogP contribution is 2.20. The summed E-state index contributed by atoms with van der Waals surface area (Å²) in [5.41, 5.74) is 0.0281. The number of rotatable bonds is 8. The molecular weight excluding hydrogens is 224 g/mol. The Morgan fingerprint density at radius 1 is 1.22 bits per heavy atom. The predicted molar refractivity (Wildman–Crippen MR) is 78.1 cm³/mol. The number of morpholine rings is 1. The van der Waals surface area contributed by atoms with Crippen LogP contribution in [0.3, 0.4) is 0 Å². The lowest BCUT2D eigenvalue weighted by atomic mass is 10.1. The molecule has 1 aliphatic heterocycles. The Hall–Kier alpha value is -0.120. The van der Waals surface area contributed by atoms with E-state index in [-0.39, 0.29) is 5.60 Å². The van der Waals surface area contributed by atoms with Gasteiger partial charge >= 0.3 is 0 Å². The van der Waals surface area contributed by atoms with E-state index in [0.29, 0.717) is 6.10 Å². The van der Waals surface area contributed by atoms with Crippen molar-refractivity contribution in [3.05, 3.63) is 0 Å². The summed E-state index contributed by atoms with van der Waals surface area (Å²) < 4.78 is 5.92. The van der Waals surface area contributed by atoms with E-state index in [2.05, 4.69) is 37.9 Å². The average molecular weight is 256 g/mol. The molecule has 3 nitrogen and oxygen atoms in total. The van der Waals surface area contributed by atoms with Crippen molar-refractivity contribution in [3.63, 3.8) is 0 Å². The second-order valence-corrected chi connectivity index (χ2v) is 6.23. The molecule has 0 amide bonds. The van der Waals surface area contributed by atoms with Crippen molar-refractivity contribution in [2.45, 2.75) is 65.1 Å². The third-order valence-corrected chi connectivity index (χ3v) is 3.39. The third kappa shape index (κ3) is 6.72. The Kier molecular flexibility index (Phi) is 7.20. The lowest BCUT2D eigenvalue weighted by molar-refractivity contribution is -0.128. The fourth-order valence-corrected chi connectivity index (χ4v) is 2.82. The van der Waals surface area contributed by atoms with Gasteiger partial charge in [0.05, 0.1) is 11.7 Å². The number of nitrogens with one attached hydrogen (secondary N) is 1. The normalized spacial score (nSPS) is 24.3. The Bertz CT molecular complexity index is 219. The maximum absolute atomic E-state index is 5.92. The zero-order valence-corrected chi connectivity index (χ0v) is 12.8. The molecule has 1 rings (SSSR count). The molecule has 0 radical (unpaired) electrons. The first-order valence-electron chi connectivity index (χ1n) is 7.64. The van der Waals surface area contributed by atoms with Crippen molar-refractivity contribution in [1.82, 2.24) is 10.2 Å². The highest BCUT2D eigenvalue weighted by Gasteiger charge is 2.30. The number of hydrogen-bond acceptors (Lipinski definition) is 3. The highest BCUT2D eigenvalue weighted by atomic mass is 16.5. The molecule has 1 saturated heterocycles. The molecule has 0 aromatic rings. The quantitative estimate of drug-likeness (QED) is 0.676.